The molecular formula is C18H21NO. The molecule has 2 aromatic rings. The molecular weight excluding hydrogens is 246 g/mol. The molecule has 0 aliphatic heterocycles. The summed E-state index contributed by atoms with van der Waals surface area (Å²) in [7, 11) is 3.98. The summed E-state index contributed by atoms with van der Waals surface area (Å²) in [6.07, 6.45) is 0.461. The molecule has 2 nitrogen and oxygen atoms in total. The summed E-state index contributed by atoms with van der Waals surface area (Å²) in [5.74, 6) is 0.165. The Labute approximate surface area is 121 Å². The second-order valence-corrected chi connectivity index (χ2v) is 5.46. The summed E-state index contributed by atoms with van der Waals surface area (Å²) in [6.45, 7) is 4.16. The van der Waals surface area contributed by atoms with Crippen LogP contribution in [0.25, 0.3) is 0 Å². The summed E-state index contributed by atoms with van der Waals surface area (Å²) in [6, 6.07) is 14.0. The van der Waals surface area contributed by atoms with E-state index in [9.17, 15) is 4.79 Å². The molecule has 0 saturated carbocycles. The lowest BCUT2D eigenvalue weighted by Crippen LogP contribution is -2.09. The zero-order chi connectivity index (χ0) is 14.7. The molecule has 0 unspecified atom stereocenters. The predicted molar refractivity (Wildman–Crippen MR) is 84.7 cm³/mol. The Kier molecular flexibility index (Phi) is 4.23. The van der Waals surface area contributed by atoms with Crippen LogP contribution in [0.15, 0.2) is 42.5 Å². The molecule has 104 valence electrons. The molecule has 0 radical (unpaired) electrons. The molecule has 0 heterocycles. The molecule has 2 heteroatoms. The van der Waals surface area contributed by atoms with Gasteiger partial charge in [-0.1, -0.05) is 18.2 Å². The molecule has 0 amide bonds. The topological polar surface area (TPSA) is 20.3 Å². The highest BCUT2D eigenvalue weighted by Crippen LogP contribution is 2.16. The minimum Gasteiger partial charge on any atom is -0.378 e. The number of benzene rings is 2. The number of rotatable bonds is 4. The average molecular weight is 267 g/mol. The Morgan fingerprint density at radius 3 is 2.15 bits per heavy atom. The van der Waals surface area contributed by atoms with E-state index in [1.807, 2.05) is 49.3 Å². The summed E-state index contributed by atoms with van der Waals surface area (Å²) in [5, 5.41) is 0. The van der Waals surface area contributed by atoms with Gasteiger partial charge in [-0.15, -0.1) is 0 Å². The van der Waals surface area contributed by atoms with Gasteiger partial charge in [0.1, 0.15) is 0 Å². The van der Waals surface area contributed by atoms with Gasteiger partial charge in [0.2, 0.25) is 0 Å². The van der Waals surface area contributed by atoms with Crippen molar-refractivity contribution >= 4 is 11.5 Å². The van der Waals surface area contributed by atoms with Gasteiger partial charge in [-0.05, 0) is 54.8 Å². The van der Waals surface area contributed by atoms with Crippen molar-refractivity contribution in [2.45, 2.75) is 20.3 Å². The van der Waals surface area contributed by atoms with Crippen LogP contribution < -0.4 is 4.90 Å². The molecule has 2 rings (SSSR count). The Morgan fingerprint density at radius 2 is 1.60 bits per heavy atom. The zero-order valence-corrected chi connectivity index (χ0v) is 12.6. The van der Waals surface area contributed by atoms with Gasteiger partial charge in [-0.2, -0.15) is 0 Å². The van der Waals surface area contributed by atoms with Crippen molar-refractivity contribution in [3.63, 3.8) is 0 Å². The highest BCUT2D eigenvalue weighted by atomic mass is 16.1. The van der Waals surface area contributed by atoms with Crippen molar-refractivity contribution in [2.24, 2.45) is 0 Å². The lowest BCUT2D eigenvalue weighted by atomic mass is 9.99. The minimum absolute atomic E-state index is 0.165. The van der Waals surface area contributed by atoms with Crippen molar-refractivity contribution in [1.82, 2.24) is 0 Å². The molecule has 0 bridgehead atoms. The predicted octanol–water partition coefficient (Wildman–Crippen LogP) is 3.79. The van der Waals surface area contributed by atoms with Crippen LogP contribution in [0.4, 0.5) is 5.69 Å². The number of Topliss-reactive ketones (excluding diaryl/α,β-unsaturated/α-hetero) is 1. The molecule has 0 N–H and O–H groups in total. The summed E-state index contributed by atoms with van der Waals surface area (Å²) in [5.41, 5.74) is 5.45. The number of hydrogen-bond acceptors (Lipinski definition) is 2. The third kappa shape index (κ3) is 3.27. The first kappa shape index (κ1) is 14.3. The Hall–Kier alpha value is -2.09. The SMILES string of the molecule is Cc1ccc(CC(=O)c2ccc(N(C)C)cc2)cc1C. The highest BCUT2D eigenvalue weighted by molar-refractivity contribution is 5.97. The Morgan fingerprint density at radius 1 is 0.950 bits per heavy atom. The van der Waals surface area contributed by atoms with Gasteiger partial charge in [0.05, 0.1) is 0 Å². The number of carbonyl (C=O) groups excluding carboxylic acids is 1. The maximum absolute atomic E-state index is 12.3. The minimum atomic E-state index is 0.165. The van der Waals surface area contributed by atoms with Crippen molar-refractivity contribution < 1.29 is 4.79 Å². The summed E-state index contributed by atoms with van der Waals surface area (Å²) >= 11 is 0. The smallest absolute Gasteiger partial charge is 0.167 e. The lowest BCUT2D eigenvalue weighted by molar-refractivity contribution is 0.0993. The monoisotopic (exact) mass is 267 g/mol. The Balaban J connectivity index is 2.13. The van der Waals surface area contributed by atoms with Crippen LogP contribution in [-0.4, -0.2) is 19.9 Å². The number of anilines is 1. The fourth-order valence-electron chi connectivity index (χ4n) is 2.15. The van der Waals surface area contributed by atoms with E-state index in [4.69, 9.17) is 0 Å². The van der Waals surface area contributed by atoms with Crippen LogP contribution in [0.3, 0.4) is 0 Å². The van der Waals surface area contributed by atoms with Gasteiger partial charge in [0, 0.05) is 31.8 Å². The first-order valence-electron chi connectivity index (χ1n) is 6.84. The largest absolute Gasteiger partial charge is 0.378 e. The van der Waals surface area contributed by atoms with Crippen LogP contribution in [-0.2, 0) is 6.42 Å². The molecule has 0 aromatic heterocycles. The first-order valence-corrected chi connectivity index (χ1v) is 6.84. The van der Waals surface area contributed by atoms with Gasteiger partial charge in [-0.25, -0.2) is 0 Å². The summed E-state index contributed by atoms with van der Waals surface area (Å²) in [4.78, 5) is 14.3. The van der Waals surface area contributed by atoms with E-state index < -0.39 is 0 Å². The fraction of sp³-hybridized carbons (Fsp3) is 0.278. The van der Waals surface area contributed by atoms with Gasteiger partial charge in [0.15, 0.2) is 5.78 Å². The van der Waals surface area contributed by atoms with Crippen LogP contribution in [0.1, 0.15) is 27.0 Å². The van der Waals surface area contributed by atoms with E-state index in [1.165, 1.54) is 11.1 Å². The van der Waals surface area contributed by atoms with E-state index in [0.29, 0.717) is 6.42 Å². The third-order valence-electron chi connectivity index (χ3n) is 3.64. The van der Waals surface area contributed by atoms with Gasteiger partial charge in [0.25, 0.3) is 0 Å². The van der Waals surface area contributed by atoms with Crippen LogP contribution >= 0.6 is 0 Å². The molecule has 0 saturated heterocycles. The van der Waals surface area contributed by atoms with Crippen molar-refractivity contribution in [2.75, 3.05) is 19.0 Å². The first-order chi connectivity index (χ1) is 9.47. The molecule has 20 heavy (non-hydrogen) atoms. The fourth-order valence-corrected chi connectivity index (χ4v) is 2.15. The van der Waals surface area contributed by atoms with Crippen molar-refractivity contribution in [3.05, 3.63) is 64.7 Å². The zero-order valence-electron chi connectivity index (χ0n) is 12.6. The molecule has 0 spiro atoms. The maximum Gasteiger partial charge on any atom is 0.167 e. The van der Waals surface area contributed by atoms with Crippen LogP contribution in [0.5, 0.6) is 0 Å². The highest BCUT2D eigenvalue weighted by Gasteiger charge is 2.08. The normalized spacial score (nSPS) is 10.4. The van der Waals surface area contributed by atoms with E-state index in [0.717, 1.165) is 16.8 Å². The van der Waals surface area contributed by atoms with E-state index in [-0.39, 0.29) is 5.78 Å². The molecule has 0 atom stereocenters. The molecule has 0 aliphatic rings. The number of carbonyl (C=O) groups is 1. The molecule has 0 aliphatic carbocycles. The van der Waals surface area contributed by atoms with Gasteiger partial charge in [-0.3, -0.25) is 4.79 Å². The van der Waals surface area contributed by atoms with E-state index >= 15 is 0 Å². The standard InChI is InChI=1S/C18H21NO/c1-13-5-6-15(11-14(13)2)12-18(20)16-7-9-17(10-8-16)19(3)4/h5-11H,12H2,1-4H3. The maximum atomic E-state index is 12.3. The second kappa shape index (κ2) is 5.91. The lowest BCUT2D eigenvalue weighted by Gasteiger charge is -2.12. The summed E-state index contributed by atoms with van der Waals surface area (Å²) < 4.78 is 0. The van der Waals surface area contributed by atoms with Crippen LogP contribution in [0.2, 0.25) is 0 Å². The van der Waals surface area contributed by atoms with Crippen molar-refractivity contribution in [3.8, 4) is 0 Å². The molecule has 2 aromatic carbocycles. The number of nitrogens with zero attached hydrogens (tertiary/aromatic N) is 1. The number of aryl methyl sites for hydroxylation is 2. The van der Waals surface area contributed by atoms with E-state index in [2.05, 4.69) is 26.0 Å². The third-order valence-corrected chi connectivity index (χ3v) is 3.64. The second-order valence-electron chi connectivity index (χ2n) is 5.46. The Bertz CT molecular complexity index is 612. The quantitative estimate of drug-likeness (QED) is 0.785. The number of hydrogen-bond donors (Lipinski definition) is 0. The van der Waals surface area contributed by atoms with Crippen molar-refractivity contribution in [1.29, 1.82) is 0 Å². The number of ketones is 1. The van der Waals surface area contributed by atoms with Crippen LogP contribution in [0, 0.1) is 13.8 Å². The molecule has 0 fully saturated rings. The van der Waals surface area contributed by atoms with E-state index in [1.54, 1.807) is 0 Å². The van der Waals surface area contributed by atoms with Gasteiger partial charge >= 0.3 is 0 Å². The average Bonchev–Trinajstić information content (AvgIpc) is 2.43. The van der Waals surface area contributed by atoms with Gasteiger partial charge < -0.3 is 4.90 Å².